The number of carbonyl (C=O) groups excluding carboxylic acids is 3. The molecule has 9 heteroatoms. The Morgan fingerprint density at radius 2 is 1.57 bits per heavy atom. The summed E-state index contributed by atoms with van der Waals surface area (Å²) in [4.78, 5) is 47.9. The predicted molar refractivity (Wildman–Crippen MR) is 191 cm³/mol. The van der Waals surface area contributed by atoms with Crippen LogP contribution < -0.4 is 10.6 Å². The number of benzene rings is 3. The summed E-state index contributed by atoms with van der Waals surface area (Å²) >= 11 is 0. The molecule has 2 heterocycles. The summed E-state index contributed by atoms with van der Waals surface area (Å²) in [5.74, 6) is -0.746. The Labute approximate surface area is 288 Å². The summed E-state index contributed by atoms with van der Waals surface area (Å²) in [6.07, 6.45) is 4.08. The smallest absolute Gasteiger partial charge is 0.411 e. The van der Waals surface area contributed by atoms with Crippen LogP contribution in [0.25, 0.3) is 22.0 Å². The standard InChI is InChI=1S/C40H48N4O5/c1-25(45)24-41-38(47)34(28-21-19-27(20-22-28)26-13-7-5-8-14-26)43-37(46)33-23-31-30-17-11-12-18-32(30)42-35(31)36(29-15-9-6-10-16-29)44(33)39(48)49-40(2,3)4/h5,7-8,11-14,17-22,25,29,33-34,36,42,45H,6,9-10,15-16,23-24H2,1-4H3,(H,41,47)(H,43,46)/t25?,33-,34?,36+/m1/s1. The van der Waals surface area contributed by atoms with Crippen molar-refractivity contribution in [2.75, 3.05) is 6.54 Å². The van der Waals surface area contributed by atoms with Gasteiger partial charge >= 0.3 is 6.09 Å². The second-order valence-electron chi connectivity index (χ2n) is 14.5. The van der Waals surface area contributed by atoms with Crippen molar-refractivity contribution >= 4 is 28.8 Å². The minimum absolute atomic E-state index is 0.0310. The molecular formula is C40H48N4O5. The van der Waals surface area contributed by atoms with E-state index in [2.05, 4.69) is 21.7 Å². The second-order valence-corrected chi connectivity index (χ2v) is 14.5. The number of fused-ring (bicyclic) bond motifs is 3. The summed E-state index contributed by atoms with van der Waals surface area (Å²) in [6.45, 7) is 7.11. The Kier molecular flexibility index (Phi) is 10.1. The number of hydrogen-bond donors (Lipinski definition) is 4. The van der Waals surface area contributed by atoms with Crippen LogP contribution >= 0.6 is 0 Å². The molecule has 9 nitrogen and oxygen atoms in total. The van der Waals surface area contributed by atoms with Crippen LogP contribution in [-0.4, -0.2) is 57.2 Å². The molecule has 1 aromatic heterocycles. The van der Waals surface area contributed by atoms with Crippen molar-refractivity contribution < 1.29 is 24.2 Å². The zero-order valence-corrected chi connectivity index (χ0v) is 28.9. The molecule has 0 bridgehead atoms. The number of nitrogens with zero attached hydrogens (tertiary/aromatic N) is 1. The fourth-order valence-corrected chi connectivity index (χ4v) is 7.39. The van der Waals surface area contributed by atoms with E-state index in [1.54, 1.807) is 11.8 Å². The molecule has 4 atom stereocenters. The first kappa shape index (κ1) is 34.2. The van der Waals surface area contributed by atoms with Gasteiger partial charge in [0.25, 0.3) is 0 Å². The molecule has 6 rings (SSSR count). The van der Waals surface area contributed by atoms with E-state index in [4.69, 9.17) is 4.74 Å². The number of amides is 3. The summed E-state index contributed by atoms with van der Waals surface area (Å²) in [7, 11) is 0. The van der Waals surface area contributed by atoms with Crippen LogP contribution in [0.1, 0.15) is 88.7 Å². The number of aliphatic hydroxyl groups excluding tert-OH is 1. The first-order valence-electron chi connectivity index (χ1n) is 17.5. The molecule has 49 heavy (non-hydrogen) atoms. The minimum Gasteiger partial charge on any atom is -0.444 e. The summed E-state index contributed by atoms with van der Waals surface area (Å²) in [5, 5.41) is 16.8. The molecule has 4 N–H and O–H groups in total. The molecule has 0 saturated heterocycles. The third-order valence-corrected chi connectivity index (χ3v) is 9.65. The number of hydrogen-bond acceptors (Lipinski definition) is 5. The molecule has 1 aliphatic carbocycles. The lowest BCUT2D eigenvalue weighted by Crippen LogP contribution is -2.58. The number of rotatable bonds is 8. The van der Waals surface area contributed by atoms with Crippen molar-refractivity contribution in [3.8, 4) is 11.1 Å². The lowest BCUT2D eigenvalue weighted by molar-refractivity contribution is -0.133. The number of carbonyl (C=O) groups is 3. The number of ether oxygens (including phenoxy) is 1. The quantitative estimate of drug-likeness (QED) is 0.162. The van der Waals surface area contributed by atoms with Crippen LogP contribution in [0.2, 0.25) is 0 Å². The van der Waals surface area contributed by atoms with E-state index >= 15 is 0 Å². The average Bonchev–Trinajstić information content (AvgIpc) is 3.47. The fourth-order valence-electron chi connectivity index (χ4n) is 7.39. The molecule has 2 aliphatic rings. The maximum Gasteiger partial charge on any atom is 0.411 e. The molecule has 3 amide bonds. The van der Waals surface area contributed by atoms with Gasteiger partial charge in [0.2, 0.25) is 11.8 Å². The first-order valence-corrected chi connectivity index (χ1v) is 17.5. The summed E-state index contributed by atoms with van der Waals surface area (Å²) in [5.41, 5.74) is 4.77. The molecule has 2 unspecified atom stereocenters. The third-order valence-electron chi connectivity index (χ3n) is 9.65. The predicted octanol–water partition coefficient (Wildman–Crippen LogP) is 6.97. The largest absolute Gasteiger partial charge is 0.444 e. The van der Waals surface area contributed by atoms with Crippen LogP contribution in [-0.2, 0) is 20.7 Å². The van der Waals surface area contributed by atoms with E-state index < -0.39 is 47.7 Å². The molecule has 258 valence electrons. The van der Waals surface area contributed by atoms with Gasteiger partial charge in [0.05, 0.1) is 12.1 Å². The van der Waals surface area contributed by atoms with Crippen molar-refractivity contribution in [1.82, 2.24) is 20.5 Å². The number of aliphatic hydroxyl groups is 1. The van der Waals surface area contributed by atoms with Gasteiger partial charge in [-0.05, 0) is 74.8 Å². The van der Waals surface area contributed by atoms with Crippen LogP contribution in [0.4, 0.5) is 4.79 Å². The number of H-pyrrole nitrogens is 1. The van der Waals surface area contributed by atoms with Gasteiger partial charge in [0.15, 0.2) is 0 Å². The van der Waals surface area contributed by atoms with Crippen LogP contribution in [0.15, 0.2) is 78.9 Å². The lowest BCUT2D eigenvalue weighted by atomic mass is 9.78. The molecule has 1 fully saturated rings. The van der Waals surface area contributed by atoms with Gasteiger partial charge in [-0.15, -0.1) is 0 Å². The zero-order chi connectivity index (χ0) is 34.7. The van der Waals surface area contributed by atoms with E-state index in [-0.39, 0.29) is 18.9 Å². The van der Waals surface area contributed by atoms with Crippen LogP contribution in [0.5, 0.6) is 0 Å². The highest BCUT2D eigenvalue weighted by Gasteiger charge is 2.48. The van der Waals surface area contributed by atoms with E-state index in [1.807, 2.05) is 93.6 Å². The molecule has 0 radical (unpaired) electrons. The zero-order valence-electron chi connectivity index (χ0n) is 28.9. The monoisotopic (exact) mass is 664 g/mol. The number of nitrogens with one attached hydrogen (secondary N) is 3. The topological polar surface area (TPSA) is 124 Å². The molecule has 4 aromatic rings. The van der Waals surface area contributed by atoms with Gasteiger partial charge in [0, 0.05) is 29.6 Å². The number of aromatic nitrogens is 1. The van der Waals surface area contributed by atoms with Gasteiger partial charge in [0.1, 0.15) is 17.7 Å². The molecule has 0 spiro atoms. The first-order chi connectivity index (χ1) is 23.5. The fraction of sp³-hybridized carbons (Fsp3) is 0.425. The molecule has 3 aromatic carbocycles. The second kappa shape index (κ2) is 14.5. The summed E-state index contributed by atoms with van der Waals surface area (Å²) < 4.78 is 6.01. The molecular weight excluding hydrogens is 616 g/mol. The van der Waals surface area contributed by atoms with E-state index in [0.717, 1.165) is 65.4 Å². The minimum atomic E-state index is -1.06. The molecule has 1 aliphatic heterocycles. The Hall–Kier alpha value is -4.63. The summed E-state index contributed by atoms with van der Waals surface area (Å²) in [6, 6.07) is 23.1. The maximum absolute atomic E-state index is 14.7. The number of aromatic amines is 1. The van der Waals surface area contributed by atoms with Crippen LogP contribution in [0, 0.1) is 5.92 Å². The Balaban J connectivity index is 1.40. The van der Waals surface area contributed by atoms with E-state index in [9.17, 15) is 19.5 Å². The van der Waals surface area contributed by atoms with Crippen LogP contribution in [0.3, 0.4) is 0 Å². The normalized spacial score (nSPS) is 19.5. The maximum atomic E-state index is 14.7. The van der Waals surface area contributed by atoms with Crippen molar-refractivity contribution in [1.29, 1.82) is 0 Å². The van der Waals surface area contributed by atoms with Crippen molar-refractivity contribution in [3.05, 3.63) is 95.7 Å². The Morgan fingerprint density at radius 3 is 2.24 bits per heavy atom. The molecule has 1 saturated carbocycles. The van der Waals surface area contributed by atoms with Gasteiger partial charge in [-0.1, -0.05) is 92.1 Å². The Morgan fingerprint density at radius 1 is 0.918 bits per heavy atom. The Bertz CT molecular complexity index is 1770. The average molecular weight is 665 g/mol. The highest BCUT2D eigenvalue weighted by molar-refractivity contribution is 5.94. The van der Waals surface area contributed by atoms with Gasteiger partial charge in [-0.3, -0.25) is 14.5 Å². The van der Waals surface area contributed by atoms with Crippen molar-refractivity contribution in [3.63, 3.8) is 0 Å². The van der Waals surface area contributed by atoms with Crippen molar-refractivity contribution in [2.24, 2.45) is 5.92 Å². The van der Waals surface area contributed by atoms with Gasteiger partial charge < -0.3 is 25.5 Å². The van der Waals surface area contributed by atoms with Crippen molar-refractivity contribution in [2.45, 2.75) is 96.1 Å². The number of para-hydroxylation sites is 1. The van der Waals surface area contributed by atoms with Gasteiger partial charge in [-0.2, -0.15) is 0 Å². The van der Waals surface area contributed by atoms with Gasteiger partial charge in [-0.25, -0.2) is 4.79 Å². The highest BCUT2D eigenvalue weighted by Crippen LogP contribution is 2.46. The highest BCUT2D eigenvalue weighted by atomic mass is 16.6. The lowest BCUT2D eigenvalue weighted by Gasteiger charge is -2.45. The van der Waals surface area contributed by atoms with E-state index in [1.165, 1.54) is 0 Å². The SMILES string of the molecule is CC(O)CNC(=O)C(NC(=O)[C@H]1Cc2c([nH]c3ccccc23)[C@H](C2CCCCC2)N1C(=O)OC(C)(C)C)c1ccc(-c2ccccc2)cc1. The van der Waals surface area contributed by atoms with E-state index in [0.29, 0.717) is 5.56 Å². The third kappa shape index (κ3) is 7.67.